The van der Waals surface area contributed by atoms with E-state index < -0.39 is 22.3 Å². The zero-order chi connectivity index (χ0) is 20.3. The van der Waals surface area contributed by atoms with Gasteiger partial charge < -0.3 is 15.2 Å². The number of anilines is 1. The van der Waals surface area contributed by atoms with E-state index in [4.69, 9.17) is 27.9 Å². The van der Waals surface area contributed by atoms with Gasteiger partial charge in [-0.2, -0.15) is 0 Å². The quantitative estimate of drug-likeness (QED) is 0.411. The fraction of sp³-hybridized carbons (Fsp3) is 0. The molecular weight excluding hydrogens is 407 g/mol. The lowest BCUT2D eigenvalue weighted by molar-refractivity contribution is -0.385. The van der Waals surface area contributed by atoms with Gasteiger partial charge in [-0.25, -0.2) is 0 Å². The molecule has 0 saturated carbocycles. The van der Waals surface area contributed by atoms with Gasteiger partial charge in [0.2, 0.25) is 5.75 Å². The molecule has 28 heavy (non-hydrogen) atoms. The van der Waals surface area contributed by atoms with Crippen molar-refractivity contribution >= 4 is 40.5 Å². The third kappa shape index (κ3) is 4.33. The molecule has 0 aliphatic heterocycles. The SMILES string of the molecule is O=C(Nc1ccc(Oc2ccc(Cl)cc2)c(Cl)c1)c1cccc([N+](=O)[O-])c1O. The number of para-hydroxylation sites is 1. The number of nitrogens with one attached hydrogen (secondary N) is 1. The minimum absolute atomic E-state index is 0.230. The Balaban J connectivity index is 1.77. The number of hydrogen-bond donors (Lipinski definition) is 2. The van der Waals surface area contributed by atoms with Gasteiger partial charge in [-0.3, -0.25) is 14.9 Å². The summed E-state index contributed by atoms with van der Waals surface area (Å²) in [6.07, 6.45) is 0. The van der Waals surface area contributed by atoms with Crippen LogP contribution in [0.15, 0.2) is 60.7 Å². The molecule has 2 N–H and O–H groups in total. The molecule has 0 radical (unpaired) electrons. The lowest BCUT2D eigenvalue weighted by Crippen LogP contribution is -2.12. The number of nitro groups is 1. The molecule has 0 bridgehead atoms. The summed E-state index contributed by atoms with van der Waals surface area (Å²) in [7, 11) is 0. The lowest BCUT2D eigenvalue weighted by atomic mass is 10.1. The number of aromatic hydroxyl groups is 1. The van der Waals surface area contributed by atoms with Crippen molar-refractivity contribution in [1.29, 1.82) is 0 Å². The monoisotopic (exact) mass is 418 g/mol. The third-order valence-electron chi connectivity index (χ3n) is 3.69. The fourth-order valence-electron chi connectivity index (χ4n) is 2.35. The molecule has 0 aromatic heterocycles. The first-order chi connectivity index (χ1) is 13.3. The molecule has 0 unspecified atom stereocenters. The van der Waals surface area contributed by atoms with Crippen molar-refractivity contribution in [2.45, 2.75) is 0 Å². The van der Waals surface area contributed by atoms with Crippen molar-refractivity contribution in [3.8, 4) is 17.2 Å². The predicted molar refractivity (Wildman–Crippen MR) is 106 cm³/mol. The number of amides is 1. The molecule has 7 nitrogen and oxygen atoms in total. The second-order valence-corrected chi connectivity index (χ2v) is 6.43. The van der Waals surface area contributed by atoms with Crippen LogP contribution in [0.25, 0.3) is 0 Å². The largest absolute Gasteiger partial charge is 0.502 e. The third-order valence-corrected chi connectivity index (χ3v) is 4.23. The van der Waals surface area contributed by atoms with Gasteiger partial charge >= 0.3 is 5.69 Å². The second kappa shape index (κ2) is 8.16. The Hall–Kier alpha value is -3.29. The van der Waals surface area contributed by atoms with Crippen LogP contribution in [0.4, 0.5) is 11.4 Å². The van der Waals surface area contributed by atoms with E-state index in [1.54, 1.807) is 36.4 Å². The highest BCUT2D eigenvalue weighted by Gasteiger charge is 2.21. The minimum Gasteiger partial charge on any atom is -0.502 e. The summed E-state index contributed by atoms with van der Waals surface area (Å²) in [5, 5.41) is 24.1. The fourth-order valence-corrected chi connectivity index (χ4v) is 2.70. The van der Waals surface area contributed by atoms with E-state index in [0.717, 1.165) is 6.07 Å². The summed E-state index contributed by atoms with van der Waals surface area (Å²) in [5.74, 6) is -0.535. The highest BCUT2D eigenvalue weighted by atomic mass is 35.5. The maximum absolute atomic E-state index is 12.3. The van der Waals surface area contributed by atoms with Crippen LogP contribution >= 0.6 is 23.2 Å². The van der Waals surface area contributed by atoms with Crippen LogP contribution in [0.2, 0.25) is 10.0 Å². The van der Waals surface area contributed by atoms with Crippen LogP contribution in [-0.4, -0.2) is 15.9 Å². The molecule has 0 heterocycles. The molecular formula is C19H12Cl2N2O5. The first kappa shape index (κ1) is 19.5. The first-order valence-electron chi connectivity index (χ1n) is 7.86. The molecule has 3 aromatic carbocycles. The van der Waals surface area contributed by atoms with Crippen LogP contribution in [0, 0.1) is 10.1 Å². The Morgan fingerprint density at radius 1 is 1.07 bits per heavy atom. The average Bonchev–Trinajstić information content (AvgIpc) is 2.65. The van der Waals surface area contributed by atoms with Gasteiger partial charge in [0.15, 0.2) is 0 Å². The molecule has 0 aliphatic rings. The van der Waals surface area contributed by atoms with E-state index >= 15 is 0 Å². The van der Waals surface area contributed by atoms with Crippen LogP contribution in [-0.2, 0) is 0 Å². The van der Waals surface area contributed by atoms with Gasteiger partial charge in [-0.05, 0) is 48.5 Å². The molecule has 0 atom stereocenters. The minimum atomic E-state index is -0.772. The first-order valence-corrected chi connectivity index (χ1v) is 8.61. The summed E-state index contributed by atoms with van der Waals surface area (Å²) in [6.45, 7) is 0. The van der Waals surface area contributed by atoms with Crippen LogP contribution < -0.4 is 10.1 Å². The van der Waals surface area contributed by atoms with Gasteiger partial charge in [0.1, 0.15) is 11.5 Å². The summed E-state index contributed by atoms with van der Waals surface area (Å²) in [6, 6.07) is 14.9. The Bertz CT molecular complexity index is 1050. The number of carbonyl (C=O) groups excluding carboxylic acids is 1. The predicted octanol–water partition coefficient (Wildman–Crippen LogP) is 5.65. The van der Waals surface area contributed by atoms with Crippen molar-refractivity contribution in [1.82, 2.24) is 0 Å². The number of rotatable bonds is 5. The molecule has 0 saturated heterocycles. The van der Waals surface area contributed by atoms with Crippen molar-refractivity contribution in [2.24, 2.45) is 0 Å². The summed E-state index contributed by atoms with van der Waals surface area (Å²) in [4.78, 5) is 22.5. The lowest BCUT2D eigenvalue weighted by Gasteiger charge is -2.11. The highest BCUT2D eigenvalue weighted by Crippen LogP contribution is 2.33. The van der Waals surface area contributed by atoms with Gasteiger partial charge in [0, 0.05) is 16.8 Å². The number of hydrogen-bond acceptors (Lipinski definition) is 5. The normalized spacial score (nSPS) is 10.4. The van der Waals surface area contributed by atoms with Crippen molar-refractivity contribution in [3.05, 3.63) is 86.4 Å². The highest BCUT2D eigenvalue weighted by molar-refractivity contribution is 6.32. The number of nitrogens with zero attached hydrogens (tertiary/aromatic N) is 1. The summed E-state index contributed by atoms with van der Waals surface area (Å²) in [5.41, 5.74) is -0.464. The van der Waals surface area contributed by atoms with Gasteiger partial charge in [-0.15, -0.1) is 0 Å². The number of benzene rings is 3. The number of nitro benzene ring substituents is 1. The maximum Gasteiger partial charge on any atom is 0.311 e. The summed E-state index contributed by atoms with van der Waals surface area (Å²) >= 11 is 12.0. The smallest absolute Gasteiger partial charge is 0.311 e. The Morgan fingerprint density at radius 3 is 2.43 bits per heavy atom. The van der Waals surface area contributed by atoms with Crippen molar-refractivity contribution in [2.75, 3.05) is 5.32 Å². The molecule has 9 heteroatoms. The van der Waals surface area contributed by atoms with Crippen LogP contribution in [0.5, 0.6) is 17.2 Å². The number of ether oxygens (including phenoxy) is 1. The molecule has 0 aliphatic carbocycles. The molecule has 0 fully saturated rings. The van der Waals surface area contributed by atoms with Gasteiger partial charge in [-0.1, -0.05) is 29.3 Å². The van der Waals surface area contributed by atoms with E-state index in [0.29, 0.717) is 22.2 Å². The number of carbonyl (C=O) groups is 1. The molecule has 3 aromatic rings. The maximum atomic E-state index is 12.3. The Morgan fingerprint density at radius 2 is 1.79 bits per heavy atom. The van der Waals surface area contributed by atoms with E-state index in [9.17, 15) is 20.0 Å². The Kier molecular flexibility index (Phi) is 5.67. The van der Waals surface area contributed by atoms with Crippen LogP contribution in [0.1, 0.15) is 10.4 Å². The van der Waals surface area contributed by atoms with E-state index in [2.05, 4.69) is 5.32 Å². The molecule has 1 amide bonds. The van der Waals surface area contributed by atoms with E-state index in [1.165, 1.54) is 18.2 Å². The summed E-state index contributed by atoms with van der Waals surface area (Å²) < 4.78 is 5.65. The number of phenolic OH excluding ortho intramolecular Hbond substituents is 1. The zero-order valence-corrected chi connectivity index (χ0v) is 15.6. The van der Waals surface area contributed by atoms with E-state index in [1.807, 2.05) is 0 Å². The zero-order valence-electron chi connectivity index (χ0n) is 14.1. The molecule has 142 valence electrons. The van der Waals surface area contributed by atoms with Crippen LogP contribution in [0.3, 0.4) is 0 Å². The average molecular weight is 419 g/mol. The Labute approximate surface area is 169 Å². The standard InChI is InChI=1S/C19H12Cl2N2O5/c20-11-4-7-13(8-5-11)28-17-9-6-12(10-15(17)21)22-19(25)14-2-1-3-16(18(14)24)23(26)27/h1-10,24H,(H,22,25). The van der Waals surface area contributed by atoms with Gasteiger partial charge in [0.05, 0.1) is 15.5 Å². The molecule has 3 rings (SSSR count). The van der Waals surface area contributed by atoms with Gasteiger partial charge in [0.25, 0.3) is 5.91 Å². The van der Waals surface area contributed by atoms with Crippen molar-refractivity contribution in [3.63, 3.8) is 0 Å². The number of halogens is 2. The topological polar surface area (TPSA) is 102 Å². The molecule has 0 spiro atoms. The second-order valence-electron chi connectivity index (χ2n) is 5.59. The van der Waals surface area contributed by atoms with E-state index in [-0.39, 0.29) is 10.6 Å². The number of phenols is 1. The van der Waals surface area contributed by atoms with Crippen molar-refractivity contribution < 1.29 is 19.6 Å².